The van der Waals surface area contributed by atoms with Crippen LogP contribution in [0.5, 0.6) is 0 Å². The molecule has 0 aromatic carbocycles. The second-order valence-electron chi connectivity index (χ2n) is 7.30. The Morgan fingerprint density at radius 2 is 1.40 bits per heavy atom. The Hall–Kier alpha value is -3.37. The standard InChI is InChI=1S/C14H17N3O.C6H5NO2.C6H7N.Os/c1-17(9-13-4-2-3-6-15-13)10-14-8-12(11-18)5-7-16-14;8-6(9)5-3-1-2-4-7-5;1-6-4-2-3-5-7-6;/h2-8,18H,9-11H2,1H3;1-4H,(H,8,9);2-5H,1H3;/q;;;+1. The molecule has 0 bridgehead atoms. The number of carbonyl (C=O) groups is 1. The van der Waals surface area contributed by atoms with Gasteiger partial charge in [0.15, 0.2) is 0 Å². The second-order valence-corrected chi connectivity index (χ2v) is 7.30. The third kappa shape index (κ3) is 12.6. The molecule has 0 aliphatic carbocycles. The molecule has 4 rings (SSSR count). The van der Waals surface area contributed by atoms with Crippen molar-refractivity contribution in [3.05, 3.63) is 120 Å². The molecule has 9 heteroatoms. The molecule has 0 aliphatic rings. The predicted molar refractivity (Wildman–Crippen MR) is 130 cm³/mol. The number of hydrogen-bond donors (Lipinski definition) is 2. The zero-order valence-electron chi connectivity index (χ0n) is 19.7. The molecule has 8 nitrogen and oxygen atoms in total. The summed E-state index contributed by atoms with van der Waals surface area (Å²) in [5.41, 5.74) is 4.05. The fraction of sp³-hybridized carbons (Fsp3) is 0.192. The molecule has 183 valence electrons. The monoisotopic (exact) mass is 651 g/mol. The SMILES string of the molecule is CN(Cc1ccccn1)Cc1cc(CO)ccn1.Cc1ccccn1.O=C(O)c1ccccn1.[Os+]. The first-order valence-electron chi connectivity index (χ1n) is 10.6. The van der Waals surface area contributed by atoms with Crippen LogP contribution in [0, 0.1) is 6.92 Å². The first-order valence-corrected chi connectivity index (χ1v) is 10.6. The summed E-state index contributed by atoms with van der Waals surface area (Å²) >= 11 is 0. The van der Waals surface area contributed by atoms with Gasteiger partial charge in [-0.05, 0) is 68.1 Å². The van der Waals surface area contributed by atoms with Crippen LogP contribution in [0.4, 0.5) is 0 Å². The molecular weight excluding hydrogens is 621 g/mol. The molecule has 0 atom stereocenters. The van der Waals surface area contributed by atoms with Crippen molar-refractivity contribution in [3.8, 4) is 0 Å². The first kappa shape index (κ1) is 29.7. The molecule has 0 saturated carbocycles. The number of rotatable bonds is 6. The van der Waals surface area contributed by atoms with Crippen molar-refractivity contribution in [2.24, 2.45) is 0 Å². The van der Waals surface area contributed by atoms with Crippen LogP contribution in [0.25, 0.3) is 0 Å². The van der Waals surface area contributed by atoms with Crippen LogP contribution in [-0.4, -0.2) is 48.1 Å². The van der Waals surface area contributed by atoms with Gasteiger partial charge in [-0.1, -0.05) is 18.2 Å². The number of aryl methyl sites for hydroxylation is 1. The summed E-state index contributed by atoms with van der Waals surface area (Å²) in [5, 5.41) is 17.4. The number of pyridine rings is 4. The summed E-state index contributed by atoms with van der Waals surface area (Å²) in [4.78, 5) is 28.4. The van der Waals surface area contributed by atoms with Crippen molar-refractivity contribution in [3.63, 3.8) is 0 Å². The van der Waals surface area contributed by atoms with E-state index in [4.69, 9.17) is 10.2 Å². The summed E-state index contributed by atoms with van der Waals surface area (Å²) in [6.07, 6.45) is 6.77. The normalized spacial score (nSPS) is 9.60. The van der Waals surface area contributed by atoms with Crippen LogP contribution in [0.3, 0.4) is 0 Å². The molecular formula is C26H29N5O3Os+. The fourth-order valence-corrected chi connectivity index (χ4v) is 2.75. The minimum atomic E-state index is -0.990. The van der Waals surface area contributed by atoms with Crippen LogP contribution >= 0.6 is 0 Å². The van der Waals surface area contributed by atoms with Gasteiger partial charge in [0, 0.05) is 43.6 Å². The van der Waals surface area contributed by atoms with Crippen LogP contribution < -0.4 is 0 Å². The summed E-state index contributed by atoms with van der Waals surface area (Å²) in [5.74, 6) is -0.990. The molecule has 0 fully saturated rings. The Kier molecular flexibility index (Phi) is 14.5. The zero-order chi connectivity index (χ0) is 24.6. The molecule has 0 unspecified atom stereocenters. The fourth-order valence-electron chi connectivity index (χ4n) is 2.75. The topological polar surface area (TPSA) is 112 Å². The molecule has 2 N–H and O–H groups in total. The molecule has 35 heavy (non-hydrogen) atoms. The van der Waals surface area contributed by atoms with Crippen LogP contribution in [-0.2, 0) is 39.5 Å². The van der Waals surface area contributed by atoms with Gasteiger partial charge in [0.25, 0.3) is 0 Å². The van der Waals surface area contributed by atoms with Crippen LogP contribution in [0.2, 0.25) is 0 Å². The van der Waals surface area contributed by atoms with Gasteiger partial charge in [-0.2, -0.15) is 0 Å². The maximum absolute atomic E-state index is 10.1. The van der Waals surface area contributed by atoms with E-state index >= 15 is 0 Å². The van der Waals surface area contributed by atoms with E-state index in [2.05, 4.69) is 24.8 Å². The number of aromatic carboxylic acids is 1. The van der Waals surface area contributed by atoms with Crippen molar-refractivity contribution < 1.29 is 34.8 Å². The molecule has 0 spiro atoms. The number of aliphatic hydroxyl groups is 1. The number of aliphatic hydroxyl groups excluding tert-OH is 1. The largest absolute Gasteiger partial charge is 1.00 e. The number of hydrogen-bond acceptors (Lipinski definition) is 7. The Morgan fingerprint density at radius 1 is 0.800 bits per heavy atom. The van der Waals surface area contributed by atoms with E-state index in [1.807, 2.05) is 62.5 Å². The summed E-state index contributed by atoms with van der Waals surface area (Å²) in [6, 6.07) is 20.3. The number of nitrogens with zero attached hydrogens (tertiary/aromatic N) is 5. The zero-order valence-corrected chi connectivity index (χ0v) is 22.2. The summed E-state index contributed by atoms with van der Waals surface area (Å²) in [6.45, 7) is 3.55. The van der Waals surface area contributed by atoms with E-state index in [-0.39, 0.29) is 32.1 Å². The van der Waals surface area contributed by atoms with Gasteiger partial charge in [0.2, 0.25) is 0 Å². The van der Waals surface area contributed by atoms with E-state index < -0.39 is 5.97 Å². The first-order chi connectivity index (χ1) is 16.5. The molecule has 1 radical (unpaired) electrons. The smallest absolute Gasteiger partial charge is 0.477 e. The van der Waals surface area contributed by atoms with Gasteiger partial charge >= 0.3 is 25.8 Å². The van der Waals surface area contributed by atoms with E-state index in [9.17, 15) is 4.79 Å². The minimum Gasteiger partial charge on any atom is -0.477 e. The van der Waals surface area contributed by atoms with Crippen molar-refractivity contribution in [1.82, 2.24) is 24.8 Å². The molecule has 0 saturated heterocycles. The average molecular weight is 650 g/mol. The summed E-state index contributed by atoms with van der Waals surface area (Å²) in [7, 11) is 2.03. The van der Waals surface area contributed by atoms with Gasteiger partial charge in [0.1, 0.15) is 5.69 Å². The van der Waals surface area contributed by atoms with Crippen molar-refractivity contribution in [2.45, 2.75) is 26.6 Å². The van der Waals surface area contributed by atoms with Gasteiger partial charge < -0.3 is 10.2 Å². The summed E-state index contributed by atoms with van der Waals surface area (Å²) < 4.78 is 0. The number of carboxylic acids is 1. The molecule has 0 aliphatic heterocycles. The van der Waals surface area contributed by atoms with Crippen molar-refractivity contribution >= 4 is 5.97 Å². The molecule has 4 aromatic heterocycles. The molecule has 4 heterocycles. The second kappa shape index (κ2) is 17.1. The van der Waals surface area contributed by atoms with E-state index in [0.717, 1.165) is 35.7 Å². The van der Waals surface area contributed by atoms with E-state index in [1.54, 1.807) is 30.7 Å². The van der Waals surface area contributed by atoms with E-state index in [0.29, 0.717) is 0 Å². The molecule has 0 amide bonds. The molecule has 4 aromatic rings. The Balaban J connectivity index is 0.000000300. The van der Waals surface area contributed by atoms with Crippen LogP contribution in [0.15, 0.2) is 91.5 Å². The van der Waals surface area contributed by atoms with Gasteiger partial charge in [-0.3, -0.25) is 19.9 Å². The maximum atomic E-state index is 10.1. The quantitative estimate of drug-likeness (QED) is 0.325. The number of aromatic nitrogens is 4. The van der Waals surface area contributed by atoms with Gasteiger partial charge in [-0.25, -0.2) is 9.78 Å². The van der Waals surface area contributed by atoms with Crippen molar-refractivity contribution in [2.75, 3.05) is 7.05 Å². The Labute approximate surface area is 218 Å². The van der Waals surface area contributed by atoms with Crippen molar-refractivity contribution in [1.29, 1.82) is 0 Å². The van der Waals surface area contributed by atoms with Crippen LogP contribution in [0.1, 0.15) is 33.1 Å². The van der Waals surface area contributed by atoms with Gasteiger partial charge in [-0.15, -0.1) is 0 Å². The average Bonchev–Trinajstić information content (AvgIpc) is 2.86. The maximum Gasteiger partial charge on any atom is 1.00 e. The van der Waals surface area contributed by atoms with E-state index in [1.165, 1.54) is 12.3 Å². The Bertz CT molecular complexity index is 1100. The minimum absolute atomic E-state index is 0. The van der Waals surface area contributed by atoms with Gasteiger partial charge in [0.05, 0.1) is 18.0 Å². The third-order valence-electron chi connectivity index (χ3n) is 4.35. The Morgan fingerprint density at radius 3 is 1.86 bits per heavy atom. The number of carboxylic acid groups (broad SMARTS) is 1. The third-order valence-corrected chi connectivity index (χ3v) is 4.35. The predicted octanol–water partition coefficient (Wildman–Crippen LogP) is 3.77.